The van der Waals surface area contributed by atoms with E-state index in [4.69, 9.17) is 11.6 Å². The Morgan fingerprint density at radius 1 is 1.26 bits per heavy atom. The molecule has 0 fully saturated rings. The summed E-state index contributed by atoms with van der Waals surface area (Å²) in [5.41, 5.74) is 0.441. The van der Waals surface area contributed by atoms with E-state index in [1.807, 2.05) is 31.2 Å². The van der Waals surface area contributed by atoms with Gasteiger partial charge in [0.1, 0.15) is 5.02 Å². The fourth-order valence-electron chi connectivity index (χ4n) is 2.64. The summed E-state index contributed by atoms with van der Waals surface area (Å²) < 4.78 is 41.0. The summed E-state index contributed by atoms with van der Waals surface area (Å²) in [6.45, 7) is 2.46. The lowest BCUT2D eigenvalue weighted by atomic mass is 10.1. The number of carbonyl (C=O) groups excluding carboxylic acids is 1. The number of alkyl halides is 3. The van der Waals surface area contributed by atoms with Crippen LogP contribution in [-0.4, -0.2) is 25.5 Å². The minimum absolute atomic E-state index is 0.183. The third-order valence-electron chi connectivity index (χ3n) is 3.78. The number of rotatable bonds is 4. The number of aromatic nitrogens is 4. The first-order chi connectivity index (χ1) is 12.6. The molecule has 0 aliphatic heterocycles. The maximum absolute atomic E-state index is 13.0. The van der Waals surface area contributed by atoms with Gasteiger partial charge in [-0.15, -0.1) is 0 Å². The van der Waals surface area contributed by atoms with E-state index < -0.39 is 28.5 Å². The molecule has 0 saturated heterocycles. The third kappa shape index (κ3) is 4.13. The molecule has 1 amide bonds. The number of amides is 1. The molecule has 0 aliphatic carbocycles. The summed E-state index contributed by atoms with van der Waals surface area (Å²) in [5, 5.41) is 9.43. The van der Waals surface area contributed by atoms with Crippen LogP contribution in [0.25, 0.3) is 0 Å². The Kier molecular flexibility index (Phi) is 4.97. The molecule has 10 heteroatoms. The number of nitrogens with zero attached hydrogens (tertiary/aromatic N) is 4. The van der Waals surface area contributed by atoms with Crippen LogP contribution in [0.1, 0.15) is 27.3 Å². The van der Waals surface area contributed by atoms with Crippen molar-refractivity contribution in [1.82, 2.24) is 19.6 Å². The number of halogens is 4. The normalized spacial score (nSPS) is 11.6. The van der Waals surface area contributed by atoms with Gasteiger partial charge in [0.15, 0.2) is 17.2 Å². The SMILES string of the molecule is Cc1cccc(Cn2ccc(NC(=O)c3nn(C)c(C(F)(F)F)c3Cl)n2)c1. The standard InChI is InChI=1S/C17H15ClF3N5O/c1-10-4-3-5-11(8-10)9-26-7-6-12(23-26)22-16(27)14-13(18)15(17(19,20)21)25(2)24-14/h3-8H,9H2,1-2H3,(H,22,23,27). The van der Waals surface area contributed by atoms with Crippen molar-refractivity contribution in [2.24, 2.45) is 7.05 Å². The second kappa shape index (κ2) is 7.07. The van der Waals surface area contributed by atoms with Gasteiger partial charge in [-0.2, -0.15) is 23.4 Å². The Bertz CT molecular complexity index is 993. The molecule has 2 aromatic heterocycles. The van der Waals surface area contributed by atoms with Crippen molar-refractivity contribution >= 4 is 23.3 Å². The number of anilines is 1. The van der Waals surface area contributed by atoms with Gasteiger partial charge in [-0.05, 0) is 12.5 Å². The molecule has 1 aromatic carbocycles. The molecule has 1 N–H and O–H groups in total. The Morgan fingerprint density at radius 2 is 2.00 bits per heavy atom. The highest BCUT2D eigenvalue weighted by Gasteiger charge is 2.40. The van der Waals surface area contributed by atoms with Crippen LogP contribution >= 0.6 is 11.6 Å². The summed E-state index contributed by atoms with van der Waals surface area (Å²) >= 11 is 5.71. The molecule has 0 atom stereocenters. The Balaban J connectivity index is 1.75. The lowest BCUT2D eigenvalue weighted by Gasteiger charge is -2.06. The van der Waals surface area contributed by atoms with Gasteiger partial charge in [0.2, 0.25) is 0 Å². The van der Waals surface area contributed by atoms with E-state index in [-0.39, 0.29) is 5.82 Å². The second-order valence-electron chi connectivity index (χ2n) is 5.97. The highest BCUT2D eigenvalue weighted by Crippen LogP contribution is 2.36. The molecule has 6 nitrogen and oxygen atoms in total. The summed E-state index contributed by atoms with van der Waals surface area (Å²) in [6, 6.07) is 9.39. The number of carbonyl (C=O) groups is 1. The monoisotopic (exact) mass is 397 g/mol. The number of aryl methyl sites for hydroxylation is 2. The Labute approximate surface area is 157 Å². The lowest BCUT2D eigenvalue weighted by molar-refractivity contribution is -0.143. The molecule has 142 valence electrons. The molecule has 27 heavy (non-hydrogen) atoms. The van der Waals surface area contributed by atoms with Gasteiger partial charge >= 0.3 is 6.18 Å². The zero-order chi connectivity index (χ0) is 19.8. The molecule has 0 aliphatic rings. The van der Waals surface area contributed by atoms with Crippen molar-refractivity contribution in [2.75, 3.05) is 5.32 Å². The first-order valence-corrected chi connectivity index (χ1v) is 8.23. The van der Waals surface area contributed by atoms with E-state index >= 15 is 0 Å². The first-order valence-electron chi connectivity index (χ1n) is 7.85. The predicted molar refractivity (Wildman–Crippen MR) is 93.7 cm³/mol. The summed E-state index contributed by atoms with van der Waals surface area (Å²) in [6.07, 6.45) is -3.06. The second-order valence-corrected chi connectivity index (χ2v) is 6.35. The van der Waals surface area contributed by atoms with Gasteiger partial charge in [0.25, 0.3) is 5.91 Å². The first kappa shape index (κ1) is 19.0. The Hall–Kier alpha value is -2.81. The topological polar surface area (TPSA) is 64.7 Å². The van der Waals surface area contributed by atoms with Gasteiger partial charge < -0.3 is 5.32 Å². The highest BCUT2D eigenvalue weighted by atomic mass is 35.5. The molecule has 3 aromatic rings. The van der Waals surface area contributed by atoms with E-state index in [1.54, 1.807) is 10.9 Å². The fraction of sp³-hybridized carbons (Fsp3) is 0.235. The van der Waals surface area contributed by atoms with E-state index in [9.17, 15) is 18.0 Å². The van der Waals surface area contributed by atoms with Crippen LogP contribution in [0.15, 0.2) is 36.5 Å². The summed E-state index contributed by atoms with van der Waals surface area (Å²) in [5.74, 6) is -0.685. The van der Waals surface area contributed by atoms with Crippen LogP contribution in [-0.2, 0) is 19.8 Å². The molecule has 0 bridgehead atoms. The number of nitrogens with one attached hydrogen (secondary N) is 1. The predicted octanol–water partition coefficient (Wildman–Crippen LogP) is 3.90. The van der Waals surface area contributed by atoms with E-state index in [1.165, 1.54) is 6.07 Å². The highest BCUT2D eigenvalue weighted by molar-refractivity contribution is 6.34. The van der Waals surface area contributed by atoms with Gasteiger partial charge in [-0.3, -0.25) is 14.2 Å². The van der Waals surface area contributed by atoms with Gasteiger partial charge in [-0.1, -0.05) is 41.4 Å². The molecular weight excluding hydrogens is 383 g/mol. The lowest BCUT2D eigenvalue weighted by Crippen LogP contribution is -2.14. The number of hydrogen-bond acceptors (Lipinski definition) is 3. The van der Waals surface area contributed by atoms with Crippen LogP contribution in [0.3, 0.4) is 0 Å². The molecule has 0 saturated carbocycles. The maximum atomic E-state index is 13.0. The van der Waals surface area contributed by atoms with E-state index in [0.717, 1.165) is 18.2 Å². The van der Waals surface area contributed by atoms with Gasteiger partial charge in [0, 0.05) is 19.3 Å². The number of benzene rings is 1. The van der Waals surface area contributed by atoms with Crippen LogP contribution in [0, 0.1) is 6.92 Å². The van der Waals surface area contributed by atoms with Gasteiger partial charge in [-0.25, -0.2) is 0 Å². The smallest absolute Gasteiger partial charge is 0.304 e. The quantitative estimate of drug-likeness (QED) is 0.726. The van der Waals surface area contributed by atoms with Crippen LogP contribution in [0.5, 0.6) is 0 Å². The van der Waals surface area contributed by atoms with Crippen molar-refractivity contribution in [1.29, 1.82) is 0 Å². The summed E-state index contributed by atoms with van der Waals surface area (Å²) in [7, 11) is 1.07. The number of hydrogen-bond donors (Lipinski definition) is 1. The zero-order valence-corrected chi connectivity index (χ0v) is 15.1. The van der Waals surface area contributed by atoms with Crippen molar-refractivity contribution in [2.45, 2.75) is 19.6 Å². The fourth-order valence-corrected chi connectivity index (χ4v) is 2.99. The largest absolute Gasteiger partial charge is 0.434 e. The molecular formula is C17H15ClF3N5O. The van der Waals surface area contributed by atoms with Crippen LogP contribution in [0.2, 0.25) is 5.02 Å². The van der Waals surface area contributed by atoms with E-state index in [0.29, 0.717) is 11.2 Å². The molecule has 0 spiro atoms. The van der Waals surface area contributed by atoms with Crippen molar-refractivity contribution in [3.8, 4) is 0 Å². The van der Waals surface area contributed by atoms with Crippen LogP contribution < -0.4 is 5.32 Å². The molecule has 0 radical (unpaired) electrons. The third-order valence-corrected chi connectivity index (χ3v) is 4.14. The summed E-state index contributed by atoms with van der Waals surface area (Å²) in [4.78, 5) is 12.3. The molecule has 3 rings (SSSR count). The van der Waals surface area contributed by atoms with Crippen molar-refractivity contribution in [3.05, 3.63) is 64.1 Å². The molecule has 0 unspecified atom stereocenters. The average Bonchev–Trinajstić information content (AvgIpc) is 3.10. The van der Waals surface area contributed by atoms with Gasteiger partial charge in [0.05, 0.1) is 6.54 Å². The maximum Gasteiger partial charge on any atom is 0.434 e. The average molecular weight is 398 g/mol. The van der Waals surface area contributed by atoms with Crippen molar-refractivity contribution in [3.63, 3.8) is 0 Å². The Morgan fingerprint density at radius 3 is 2.63 bits per heavy atom. The minimum Gasteiger partial charge on any atom is -0.304 e. The van der Waals surface area contributed by atoms with Crippen molar-refractivity contribution < 1.29 is 18.0 Å². The minimum atomic E-state index is -4.72. The van der Waals surface area contributed by atoms with Crippen LogP contribution in [0.4, 0.5) is 19.0 Å². The van der Waals surface area contributed by atoms with E-state index in [2.05, 4.69) is 15.5 Å². The molecule has 2 heterocycles. The zero-order valence-electron chi connectivity index (χ0n) is 14.4.